The topological polar surface area (TPSA) is 33.2 Å². The highest BCUT2D eigenvalue weighted by molar-refractivity contribution is 9.10. The van der Waals surface area contributed by atoms with Gasteiger partial charge in [-0.2, -0.15) is 0 Å². The number of pyridine rings is 1. The molecule has 0 unspecified atom stereocenters. The number of carbonyl (C=O) groups excluding carboxylic acids is 1. The molecular formula is C20H17BrN2O. The van der Waals surface area contributed by atoms with Crippen molar-refractivity contribution in [3.05, 3.63) is 94.7 Å². The standard InChI is InChI=1S/C20H17BrN2O/c21-18-8-6-17(7-9-18)20(24)23(19-4-2-1-3-5-19)15-12-16-10-13-22-14-11-16/h1-11,13-14H,12,15H2. The first-order valence-electron chi connectivity index (χ1n) is 7.75. The van der Waals surface area contributed by atoms with Crippen molar-refractivity contribution in [2.75, 3.05) is 11.4 Å². The summed E-state index contributed by atoms with van der Waals surface area (Å²) in [6, 6.07) is 21.2. The molecule has 3 nitrogen and oxygen atoms in total. The van der Waals surface area contributed by atoms with Crippen LogP contribution in [0, 0.1) is 0 Å². The van der Waals surface area contributed by atoms with Crippen molar-refractivity contribution in [1.29, 1.82) is 0 Å². The van der Waals surface area contributed by atoms with E-state index in [1.165, 1.54) is 0 Å². The summed E-state index contributed by atoms with van der Waals surface area (Å²) < 4.78 is 0.960. The molecule has 1 heterocycles. The molecule has 0 aliphatic rings. The number of rotatable bonds is 5. The number of anilines is 1. The van der Waals surface area contributed by atoms with Crippen molar-refractivity contribution in [3.63, 3.8) is 0 Å². The third-order valence-corrected chi connectivity index (χ3v) is 4.31. The third kappa shape index (κ3) is 4.09. The maximum atomic E-state index is 13.0. The Kier molecular flexibility index (Phi) is 5.39. The van der Waals surface area contributed by atoms with E-state index in [0.29, 0.717) is 12.1 Å². The molecule has 0 spiro atoms. The molecule has 0 aliphatic carbocycles. The van der Waals surface area contributed by atoms with Crippen LogP contribution >= 0.6 is 15.9 Å². The maximum absolute atomic E-state index is 13.0. The van der Waals surface area contributed by atoms with Gasteiger partial charge in [0.15, 0.2) is 0 Å². The lowest BCUT2D eigenvalue weighted by Crippen LogP contribution is -2.32. The zero-order chi connectivity index (χ0) is 16.8. The summed E-state index contributed by atoms with van der Waals surface area (Å²) >= 11 is 3.41. The second kappa shape index (κ2) is 7.88. The second-order valence-corrected chi connectivity index (χ2v) is 6.32. The number of aromatic nitrogens is 1. The number of hydrogen-bond donors (Lipinski definition) is 0. The molecule has 3 rings (SSSR count). The van der Waals surface area contributed by atoms with Gasteiger partial charge in [-0.1, -0.05) is 34.1 Å². The Morgan fingerprint density at radius 1 is 0.917 bits per heavy atom. The van der Waals surface area contributed by atoms with Gasteiger partial charge < -0.3 is 4.90 Å². The highest BCUT2D eigenvalue weighted by Crippen LogP contribution is 2.19. The molecule has 0 saturated heterocycles. The van der Waals surface area contributed by atoms with Gasteiger partial charge in [-0.05, 0) is 60.5 Å². The molecule has 1 amide bonds. The summed E-state index contributed by atoms with van der Waals surface area (Å²) in [5.41, 5.74) is 2.74. The fourth-order valence-corrected chi connectivity index (χ4v) is 2.76. The number of para-hydroxylation sites is 1. The van der Waals surface area contributed by atoms with Crippen molar-refractivity contribution < 1.29 is 4.79 Å². The second-order valence-electron chi connectivity index (χ2n) is 5.40. The Balaban J connectivity index is 1.84. The van der Waals surface area contributed by atoms with Crippen LogP contribution in [0.15, 0.2) is 83.6 Å². The van der Waals surface area contributed by atoms with Gasteiger partial charge in [0, 0.05) is 34.7 Å². The SMILES string of the molecule is O=C(c1ccc(Br)cc1)N(CCc1ccncc1)c1ccccc1. The smallest absolute Gasteiger partial charge is 0.258 e. The van der Waals surface area contributed by atoms with Crippen LogP contribution < -0.4 is 4.90 Å². The number of carbonyl (C=O) groups is 1. The Hall–Kier alpha value is -2.46. The molecule has 0 radical (unpaired) electrons. The average Bonchev–Trinajstić information content (AvgIpc) is 2.64. The predicted octanol–water partition coefficient (Wildman–Crippen LogP) is 4.73. The Morgan fingerprint density at radius 2 is 1.58 bits per heavy atom. The molecule has 24 heavy (non-hydrogen) atoms. The molecule has 0 saturated carbocycles. The van der Waals surface area contributed by atoms with Gasteiger partial charge in [-0.25, -0.2) is 0 Å². The van der Waals surface area contributed by atoms with Crippen molar-refractivity contribution in [3.8, 4) is 0 Å². The summed E-state index contributed by atoms with van der Waals surface area (Å²) in [5.74, 6) is 0.00255. The molecule has 0 aliphatic heterocycles. The summed E-state index contributed by atoms with van der Waals surface area (Å²) in [4.78, 5) is 18.8. The van der Waals surface area contributed by atoms with Gasteiger partial charge in [-0.3, -0.25) is 9.78 Å². The first-order valence-corrected chi connectivity index (χ1v) is 8.55. The van der Waals surface area contributed by atoms with Crippen molar-refractivity contribution in [1.82, 2.24) is 4.98 Å². The van der Waals surface area contributed by atoms with Crippen molar-refractivity contribution in [2.45, 2.75) is 6.42 Å². The van der Waals surface area contributed by atoms with Crippen LogP contribution in [0.2, 0.25) is 0 Å². The van der Waals surface area contributed by atoms with Crippen LogP contribution in [0.25, 0.3) is 0 Å². The van der Waals surface area contributed by atoms with Crippen LogP contribution in [0.4, 0.5) is 5.69 Å². The molecule has 120 valence electrons. The number of hydrogen-bond acceptors (Lipinski definition) is 2. The number of benzene rings is 2. The highest BCUT2D eigenvalue weighted by Gasteiger charge is 2.17. The van der Waals surface area contributed by atoms with Crippen LogP contribution in [0.5, 0.6) is 0 Å². The molecule has 3 aromatic rings. The maximum Gasteiger partial charge on any atom is 0.258 e. The summed E-state index contributed by atoms with van der Waals surface area (Å²) in [6.45, 7) is 0.614. The lowest BCUT2D eigenvalue weighted by atomic mass is 10.1. The first kappa shape index (κ1) is 16.4. The minimum Gasteiger partial charge on any atom is -0.308 e. The Morgan fingerprint density at radius 3 is 2.25 bits per heavy atom. The average molecular weight is 381 g/mol. The molecule has 4 heteroatoms. The van der Waals surface area contributed by atoms with E-state index in [-0.39, 0.29) is 5.91 Å². The van der Waals surface area contributed by atoms with Crippen LogP contribution in [0.3, 0.4) is 0 Å². The molecule has 0 bridgehead atoms. The molecule has 2 aromatic carbocycles. The molecule has 1 aromatic heterocycles. The first-order chi connectivity index (χ1) is 11.7. The van der Waals surface area contributed by atoms with E-state index < -0.39 is 0 Å². The van der Waals surface area contributed by atoms with E-state index in [4.69, 9.17) is 0 Å². The van der Waals surface area contributed by atoms with E-state index in [0.717, 1.165) is 22.1 Å². The van der Waals surface area contributed by atoms with Gasteiger partial charge in [0.2, 0.25) is 0 Å². The quantitative estimate of drug-likeness (QED) is 0.640. The fraction of sp³-hybridized carbons (Fsp3) is 0.100. The normalized spacial score (nSPS) is 10.4. The number of nitrogens with zero attached hydrogens (tertiary/aromatic N) is 2. The zero-order valence-corrected chi connectivity index (χ0v) is 14.7. The van der Waals surface area contributed by atoms with Gasteiger partial charge in [0.25, 0.3) is 5.91 Å². The third-order valence-electron chi connectivity index (χ3n) is 3.78. The number of halogens is 1. The van der Waals surface area contributed by atoms with E-state index in [9.17, 15) is 4.79 Å². The van der Waals surface area contributed by atoms with E-state index >= 15 is 0 Å². The predicted molar refractivity (Wildman–Crippen MR) is 100 cm³/mol. The Bertz CT molecular complexity index is 789. The fourth-order valence-electron chi connectivity index (χ4n) is 2.49. The van der Waals surface area contributed by atoms with Crippen LogP contribution in [0.1, 0.15) is 15.9 Å². The van der Waals surface area contributed by atoms with E-state index in [1.807, 2.05) is 71.6 Å². The Labute approximate surface area is 150 Å². The van der Waals surface area contributed by atoms with Crippen LogP contribution in [-0.4, -0.2) is 17.4 Å². The van der Waals surface area contributed by atoms with E-state index in [1.54, 1.807) is 12.4 Å². The largest absolute Gasteiger partial charge is 0.308 e. The number of amides is 1. The monoisotopic (exact) mass is 380 g/mol. The summed E-state index contributed by atoms with van der Waals surface area (Å²) in [5, 5.41) is 0. The van der Waals surface area contributed by atoms with E-state index in [2.05, 4.69) is 20.9 Å². The summed E-state index contributed by atoms with van der Waals surface area (Å²) in [6.07, 6.45) is 4.33. The minimum atomic E-state index is 0.00255. The van der Waals surface area contributed by atoms with Crippen LogP contribution in [-0.2, 0) is 6.42 Å². The minimum absolute atomic E-state index is 0.00255. The summed E-state index contributed by atoms with van der Waals surface area (Å²) in [7, 11) is 0. The molecule has 0 atom stereocenters. The highest BCUT2D eigenvalue weighted by atomic mass is 79.9. The zero-order valence-electron chi connectivity index (χ0n) is 13.1. The van der Waals surface area contributed by atoms with Gasteiger partial charge in [0.1, 0.15) is 0 Å². The molecule has 0 fully saturated rings. The van der Waals surface area contributed by atoms with Crippen molar-refractivity contribution in [2.24, 2.45) is 0 Å². The lowest BCUT2D eigenvalue weighted by molar-refractivity contribution is 0.0987. The molecule has 0 N–H and O–H groups in total. The van der Waals surface area contributed by atoms with Crippen molar-refractivity contribution >= 4 is 27.5 Å². The molecular weight excluding hydrogens is 364 g/mol. The van der Waals surface area contributed by atoms with Gasteiger partial charge >= 0.3 is 0 Å². The van der Waals surface area contributed by atoms with Gasteiger partial charge in [-0.15, -0.1) is 0 Å². The lowest BCUT2D eigenvalue weighted by Gasteiger charge is -2.23. The van der Waals surface area contributed by atoms with Gasteiger partial charge in [0.05, 0.1) is 0 Å².